The molecule has 0 radical (unpaired) electrons. The van der Waals surface area contributed by atoms with E-state index in [9.17, 15) is 9.59 Å². The fourth-order valence-electron chi connectivity index (χ4n) is 2.06. The Balaban J connectivity index is 2.07. The van der Waals surface area contributed by atoms with Crippen molar-refractivity contribution in [1.29, 1.82) is 0 Å². The molecule has 5 nitrogen and oxygen atoms in total. The number of nitrogens with one attached hydrogen (secondary N) is 1. The number of hydrogen-bond acceptors (Lipinski definition) is 4. The zero-order chi connectivity index (χ0) is 17.7. The first kappa shape index (κ1) is 17.8. The zero-order valence-electron chi connectivity index (χ0n) is 13.6. The molecule has 126 valence electrons. The maximum atomic E-state index is 12.3. The van der Waals surface area contributed by atoms with Crippen molar-refractivity contribution >= 4 is 29.2 Å². The van der Waals surface area contributed by atoms with Gasteiger partial charge in [-0.1, -0.05) is 23.7 Å². The molecule has 1 amide bonds. The number of rotatable bonds is 5. The average Bonchev–Trinajstić information content (AvgIpc) is 2.55. The number of carbonyl (C=O) groups is 2. The lowest BCUT2D eigenvalue weighted by atomic mass is 10.2. The summed E-state index contributed by atoms with van der Waals surface area (Å²) in [5, 5.41) is 2.95. The topological polar surface area (TPSA) is 64.6 Å². The van der Waals surface area contributed by atoms with E-state index in [0.29, 0.717) is 11.4 Å². The van der Waals surface area contributed by atoms with Crippen LogP contribution < -0.4 is 10.1 Å². The minimum Gasteiger partial charge on any atom is -0.481 e. The van der Waals surface area contributed by atoms with Crippen LogP contribution in [0.25, 0.3) is 0 Å². The van der Waals surface area contributed by atoms with Crippen molar-refractivity contribution in [3.8, 4) is 5.75 Å². The zero-order valence-corrected chi connectivity index (χ0v) is 14.4. The number of halogens is 1. The number of amides is 1. The smallest absolute Gasteiger partial charge is 0.339 e. The van der Waals surface area contributed by atoms with Gasteiger partial charge < -0.3 is 14.8 Å². The van der Waals surface area contributed by atoms with E-state index in [0.717, 1.165) is 5.56 Å². The van der Waals surface area contributed by atoms with Crippen molar-refractivity contribution in [2.24, 2.45) is 0 Å². The van der Waals surface area contributed by atoms with Gasteiger partial charge in [-0.15, -0.1) is 0 Å². The molecule has 0 heterocycles. The molecule has 0 aromatic heterocycles. The first-order chi connectivity index (χ1) is 11.4. The Kier molecular flexibility index (Phi) is 5.82. The van der Waals surface area contributed by atoms with E-state index in [1.807, 2.05) is 25.1 Å². The lowest BCUT2D eigenvalue weighted by Crippen LogP contribution is -2.30. The maximum absolute atomic E-state index is 12.3. The number of carbonyl (C=O) groups excluding carboxylic acids is 2. The fraction of sp³-hybridized carbons (Fsp3) is 0.222. The number of ether oxygens (including phenoxy) is 2. The Bertz CT molecular complexity index is 760. The second-order valence-corrected chi connectivity index (χ2v) is 5.66. The first-order valence-electron chi connectivity index (χ1n) is 7.32. The van der Waals surface area contributed by atoms with E-state index in [1.165, 1.54) is 19.2 Å². The quantitative estimate of drug-likeness (QED) is 0.834. The highest BCUT2D eigenvalue weighted by atomic mass is 35.5. The van der Waals surface area contributed by atoms with E-state index in [1.54, 1.807) is 19.1 Å². The van der Waals surface area contributed by atoms with Crippen LogP contribution in [0.1, 0.15) is 22.8 Å². The van der Waals surface area contributed by atoms with E-state index < -0.39 is 12.1 Å². The van der Waals surface area contributed by atoms with Crippen LogP contribution in [0.4, 0.5) is 5.69 Å². The number of benzene rings is 2. The molecule has 0 aliphatic carbocycles. The van der Waals surface area contributed by atoms with Gasteiger partial charge in [0.2, 0.25) is 0 Å². The molecule has 0 fully saturated rings. The molecule has 24 heavy (non-hydrogen) atoms. The van der Waals surface area contributed by atoms with Gasteiger partial charge in [-0.05, 0) is 49.7 Å². The molecule has 0 aliphatic rings. The summed E-state index contributed by atoms with van der Waals surface area (Å²) in [4.78, 5) is 23.9. The van der Waals surface area contributed by atoms with Crippen LogP contribution in [0, 0.1) is 6.92 Å². The Labute approximate surface area is 145 Å². The molecular weight excluding hydrogens is 330 g/mol. The molecule has 0 saturated heterocycles. The van der Waals surface area contributed by atoms with Crippen LogP contribution in [-0.2, 0) is 9.53 Å². The summed E-state index contributed by atoms with van der Waals surface area (Å²) >= 11 is 5.95. The summed E-state index contributed by atoms with van der Waals surface area (Å²) < 4.78 is 10.3. The molecule has 2 aromatic rings. The molecule has 2 rings (SSSR count). The van der Waals surface area contributed by atoms with Crippen LogP contribution >= 0.6 is 11.6 Å². The molecule has 6 heteroatoms. The van der Waals surface area contributed by atoms with Crippen molar-refractivity contribution in [1.82, 2.24) is 0 Å². The average molecular weight is 348 g/mol. The largest absolute Gasteiger partial charge is 0.481 e. The molecule has 1 N–H and O–H groups in total. The number of esters is 1. The molecule has 0 spiro atoms. The van der Waals surface area contributed by atoms with Crippen LogP contribution in [0.3, 0.4) is 0 Å². The SMILES string of the molecule is COC(=O)c1cc(NC(=O)[C@H](C)Oc2cccc(C)c2)ccc1Cl. The van der Waals surface area contributed by atoms with Crippen LogP contribution in [-0.4, -0.2) is 25.1 Å². The van der Waals surface area contributed by atoms with Crippen LogP contribution in [0.2, 0.25) is 5.02 Å². The van der Waals surface area contributed by atoms with E-state index in [2.05, 4.69) is 10.1 Å². The highest BCUT2D eigenvalue weighted by Crippen LogP contribution is 2.22. The third-order valence-corrected chi connectivity index (χ3v) is 3.64. The summed E-state index contributed by atoms with van der Waals surface area (Å²) in [7, 11) is 1.27. The molecular formula is C18H18ClNO4. The third-order valence-electron chi connectivity index (χ3n) is 3.31. The molecule has 0 aliphatic heterocycles. The number of aryl methyl sites for hydroxylation is 1. The lowest BCUT2D eigenvalue weighted by molar-refractivity contribution is -0.122. The van der Waals surface area contributed by atoms with Crippen molar-refractivity contribution in [3.63, 3.8) is 0 Å². The third kappa shape index (κ3) is 4.49. The summed E-state index contributed by atoms with van der Waals surface area (Å²) in [5.41, 5.74) is 1.66. The van der Waals surface area contributed by atoms with Gasteiger partial charge >= 0.3 is 5.97 Å². The molecule has 0 bridgehead atoms. The fourth-order valence-corrected chi connectivity index (χ4v) is 2.25. The van der Waals surface area contributed by atoms with Gasteiger partial charge in [-0.25, -0.2) is 4.79 Å². The Morgan fingerprint density at radius 3 is 2.58 bits per heavy atom. The second kappa shape index (κ2) is 7.84. The van der Waals surface area contributed by atoms with Crippen molar-refractivity contribution in [3.05, 3.63) is 58.6 Å². The summed E-state index contributed by atoms with van der Waals surface area (Å²) in [6.07, 6.45) is -0.705. The van der Waals surface area contributed by atoms with Crippen LogP contribution in [0.15, 0.2) is 42.5 Å². The first-order valence-corrected chi connectivity index (χ1v) is 7.70. The molecule has 1 atom stereocenters. The van der Waals surface area contributed by atoms with Gasteiger partial charge in [0.15, 0.2) is 6.10 Å². The van der Waals surface area contributed by atoms with Gasteiger partial charge in [0.1, 0.15) is 5.75 Å². The summed E-state index contributed by atoms with van der Waals surface area (Å²) in [6.45, 7) is 3.59. The maximum Gasteiger partial charge on any atom is 0.339 e. The van der Waals surface area contributed by atoms with Crippen molar-refractivity contribution < 1.29 is 19.1 Å². The molecule has 0 unspecified atom stereocenters. The van der Waals surface area contributed by atoms with Gasteiger partial charge in [-0.3, -0.25) is 4.79 Å². The van der Waals surface area contributed by atoms with Gasteiger partial charge in [0.05, 0.1) is 17.7 Å². The minimum absolute atomic E-state index is 0.184. The molecule has 0 saturated carbocycles. The van der Waals surface area contributed by atoms with Gasteiger partial charge in [0.25, 0.3) is 5.91 Å². The van der Waals surface area contributed by atoms with Gasteiger partial charge in [0, 0.05) is 5.69 Å². The van der Waals surface area contributed by atoms with E-state index in [4.69, 9.17) is 16.3 Å². The normalized spacial score (nSPS) is 11.5. The number of anilines is 1. The Morgan fingerprint density at radius 2 is 1.92 bits per heavy atom. The van der Waals surface area contributed by atoms with Crippen molar-refractivity contribution in [2.45, 2.75) is 20.0 Å². The van der Waals surface area contributed by atoms with Crippen LogP contribution in [0.5, 0.6) is 5.75 Å². The summed E-state index contributed by atoms with van der Waals surface area (Å²) in [6, 6.07) is 12.0. The minimum atomic E-state index is -0.705. The highest BCUT2D eigenvalue weighted by Gasteiger charge is 2.17. The number of hydrogen-bond donors (Lipinski definition) is 1. The predicted molar refractivity (Wildman–Crippen MR) is 92.7 cm³/mol. The standard InChI is InChI=1S/C18H18ClNO4/c1-11-5-4-6-14(9-11)24-12(2)17(21)20-13-7-8-16(19)15(10-13)18(22)23-3/h4-10,12H,1-3H3,(H,20,21)/t12-/m0/s1. The highest BCUT2D eigenvalue weighted by molar-refractivity contribution is 6.33. The summed E-state index contributed by atoms with van der Waals surface area (Å²) in [5.74, 6) is -0.293. The lowest BCUT2D eigenvalue weighted by Gasteiger charge is -2.15. The number of methoxy groups -OCH3 is 1. The van der Waals surface area contributed by atoms with E-state index in [-0.39, 0.29) is 16.5 Å². The van der Waals surface area contributed by atoms with E-state index >= 15 is 0 Å². The second-order valence-electron chi connectivity index (χ2n) is 5.25. The van der Waals surface area contributed by atoms with Gasteiger partial charge in [-0.2, -0.15) is 0 Å². The Morgan fingerprint density at radius 1 is 1.17 bits per heavy atom. The Hall–Kier alpha value is -2.53. The molecule has 2 aromatic carbocycles. The predicted octanol–water partition coefficient (Wildman–Crippen LogP) is 3.84. The monoisotopic (exact) mass is 347 g/mol. The van der Waals surface area contributed by atoms with Crippen molar-refractivity contribution in [2.75, 3.05) is 12.4 Å².